The average molecular weight is 325 g/mol. The Morgan fingerprint density at radius 1 is 1.08 bits per heavy atom. The van der Waals surface area contributed by atoms with Crippen LogP contribution in [0.3, 0.4) is 0 Å². The first-order valence-corrected chi connectivity index (χ1v) is 7.05. The van der Waals surface area contributed by atoms with Crippen molar-refractivity contribution in [3.8, 4) is 0 Å². The largest absolute Gasteiger partial charge is 0.270 e. The minimum Gasteiger partial charge on any atom is -0.268 e. The number of benzene rings is 2. The molecular weight excluding hydrogens is 310 g/mol. The zero-order valence-corrected chi connectivity index (χ0v) is 12.9. The van der Waals surface area contributed by atoms with E-state index >= 15 is 0 Å². The van der Waals surface area contributed by atoms with E-state index in [9.17, 15) is 19.7 Å². The average Bonchev–Trinajstić information content (AvgIpc) is 2.58. The van der Waals surface area contributed by atoms with Gasteiger partial charge in [-0.25, -0.2) is 0 Å². The molecule has 2 aromatic carbocycles. The van der Waals surface area contributed by atoms with E-state index in [0.29, 0.717) is 11.1 Å². The Kier molecular flexibility index (Phi) is 5.40. The molecule has 0 atom stereocenters. The number of aryl methyl sites for hydroxylation is 1. The fourth-order valence-corrected chi connectivity index (χ4v) is 1.85. The second kappa shape index (κ2) is 7.68. The summed E-state index contributed by atoms with van der Waals surface area (Å²) in [5.41, 5.74) is 6.41. The quantitative estimate of drug-likeness (QED) is 0.512. The number of nitro groups is 1. The minimum absolute atomic E-state index is 0.0646. The lowest BCUT2D eigenvalue weighted by Crippen LogP contribution is -2.40. The Morgan fingerprint density at radius 2 is 1.79 bits per heavy atom. The van der Waals surface area contributed by atoms with Crippen molar-refractivity contribution in [3.05, 3.63) is 81.4 Å². The molecule has 0 aromatic heterocycles. The van der Waals surface area contributed by atoms with Gasteiger partial charge < -0.3 is 0 Å². The number of nitrogens with zero attached hydrogens (tertiary/aromatic N) is 1. The number of hydrogen-bond acceptors (Lipinski definition) is 4. The van der Waals surface area contributed by atoms with Crippen molar-refractivity contribution in [3.63, 3.8) is 0 Å². The number of non-ortho nitro benzene ring substituents is 1. The Hall–Kier alpha value is -3.48. The normalized spacial score (nSPS) is 10.4. The van der Waals surface area contributed by atoms with Crippen LogP contribution >= 0.6 is 0 Å². The third kappa shape index (κ3) is 4.77. The van der Waals surface area contributed by atoms with Crippen LogP contribution in [0.5, 0.6) is 0 Å². The highest BCUT2D eigenvalue weighted by Gasteiger charge is 2.06. The van der Waals surface area contributed by atoms with Gasteiger partial charge in [0.25, 0.3) is 17.5 Å². The summed E-state index contributed by atoms with van der Waals surface area (Å²) in [7, 11) is 0. The topological polar surface area (TPSA) is 101 Å². The monoisotopic (exact) mass is 325 g/mol. The van der Waals surface area contributed by atoms with E-state index in [1.165, 1.54) is 30.4 Å². The summed E-state index contributed by atoms with van der Waals surface area (Å²) in [4.78, 5) is 33.7. The van der Waals surface area contributed by atoms with Gasteiger partial charge in [0.2, 0.25) is 0 Å². The second-order valence-corrected chi connectivity index (χ2v) is 4.99. The van der Waals surface area contributed by atoms with E-state index in [2.05, 4.69) is 10.9 Å². The number of nitro benzene ring substituents is 1. The van der Waals surface area contributed by atoms with Gasteiger partial charge in [-0.05, 0) is 30.7 Å². The third-order valence-corrected chi connectivity index (χ3v) is 3.12. The van der Waals surface area contributed by atoms with Gasteiger partial charge in [-0.1, -0.05) is 29.8 Å². The van der Waals surface area contributed by atoms with Crippen LogP contribution in [0.25, 0.3) is 6.08 Å². The van der Waals surface area contributed by atoms with E-state index in [0.717, 1.165) is 5.56 Å². The summed E-state index contributed by atoms with van der Waals surface area (Å²) < 4.78 is 0. The molecular formula is C17H15N3O4. The van der Waals surface area contributed by atoms with Crippen LogP contribution in [-0.4, -0.2) is 16.7 Å². The predicted octanol–water partition coefficient (Wildman–Crippen LogP) is 2.38. The SMILES string of the molecule is Cc1ccc(C(=O)NNC(=O)/C=C/c2cccc([N+](=O)[O-])c2)cc1. The molecule has 0 aliphatic rings. The number of hydrogen-bond donors (Lipinski definition) is 2. The molecule has 0 heterocycles. The van der Waals surface area contributed by atoms with Crippen molar-refractivity contribution in [2.45, 2.75) is 6.92 Å². The lowest BCUT2D eigenvalue weighted by Gasteiger charge is -2.05. The maximum absolute atomic E-state index is 11.8. The molecule has 0 fully saturated rings. The van der Waals surface area contributed by atoms with Crippen molar-refractivity contribution >= 4 is 23.6 Å². The minimum atomic E-state index is -0.554. The molecule has 0 spiro atoms. The summed E-state index contributed by atoms with van der Waals surface area (Å²) in [6.07, 6.45) is 2.59. The van der Waals surface area contributed by atoms with Gasteiger partial charge in [0, 0.05) is 23.8 Å². The molecule has 0 unspecified atom stereocenters. The van der Waals surface area contributed by atoms with E-state index < -0.39 is 16.7 Å². The van der Waals surface area contributed by atoms with Gasteiger partial charge in [-0.3, -0.25) is 30.6 Å². The fraction of sp³-hybridized carbons (Fsp3) is 0.0588. The zero-order valence-electron chi connectivity index (χ0n) is 12.9. The first-order valence-electron chi connectivity index (χ1n) is 7.05. The highest BCUT2D eigenvalue weighted by atomic mass is 16.6. The zero-order chi connectivity index (χ0) is 17.5. The Labute approximate surface area is 138 Å². The fourth-order valence-electron chi connectivity index (χ4n) is 1.85. The van der Waals surface area contributed by atoms with E-state index in [1.807, 2.05) is 6.92 Å². The summed E-state index contributed by atoms with van der Waals surface area (Å²) in [6.45, 7) is 1.90. The molecule has 0 bridgehead atoms. The molecule has 0 aliphatic heterocycles. The van der Waals surface area contributed by atoms with E-state index in [4.69, 9.17) is 0 Å². The van der Waals surface area contributed by atoms with Crippen molar-refractivity contribution < 1.29 is 14.5 Å². The van der Waals surface area contributed by atoms with Crippen LogP contribution in [-0.2, 0) is 4.79 Å². The van der Waals surface area contributed by atoms with Crippen LogP contribution in [0.1, 0.15) is 21.5 Å². The van der Waals surface area contributed by atoms with Crippen LogP contribution in [0, 0.1) is 17.0 Å². The maximum atomic E-state index is 11.8. The van der Waals surface area contributed by atoms with Gasteiger partial charge in [-0.15, -0.1) is 0 Å². The second-order valence-electron chi connectivity index (χ2n) is 4.99. The van der Waals surface area contributed by atoms with E-state index in [1.54, 1.807) is 30.3 Å². The number of amides is 2. The summed E-state index contributed by atoms with van der Waals surface area (Å²) in [6, 6.07) is 12.7. The van der Waals surface area contributed by atoms with Crippen molar-refractivity contribution in [1.82, 2.24) is 10.9 Å². The van der Waals surface area contributed by atoms with Gasteiger partial charge in [0.05, 0.1) is 4.92 Å². The number of nitrogens with one attached hydrogen (secondary N) is 2. The molecule has 2 rings (SSSR count). The van der Waals surface area contributed by atoms with Gasteiger partial charge in [0.1, 0.15) is 0 Å². The highest BCUT2D eigenvalue weighted by Crippen LogP contribution is 2.13. The van der Waals surface area contributed by atoms with E-state index in [-0.39, 0.29) is 5.69 Å². The Morgan fingerprint density at radius 3 is 2.46 bits per heavy atom. The van der Waals surface area contributed by atoms with Crippen LogP contribution in [0.15, 0.2) is 54.6 Å². The molecule has 7 heteroatoms. The van der Waals surface area contributed by atoms with Gasteiger partial charge in [0.15, 0.2) is 0 Å². The van der Waals surface area contributed by atoms with Crippen LogP contribution in [0.4, 0.5) is 5.69 Å². The van der Waals surface area contributed by atoms with Crippen molar-refractivity contribution in [1.29, 1.82) is 0 Å². The standard InChI is InChI=1S/C17H15N3O4/c1-12-5-8-14(9-6-12)17(22)19-18-16(21)10-7-13-3-2-4-15(11-13)20(23)24/h2-11H,1H3,(H,18,21)(H,19,22)/b10-7+. The molecule has 2 aromatic rings. The first kappa shape index (κ1) is 16.9. The lowest BCUT2D eigenvalue weighted by atomic mass is 10.1. The Bertz CT molecular complexity index is 798. The smallest absolute Gasteiger partial charge is 0.268 e. The molecule has 0 saturated heterocycles. The summed E-state index contributed by atoms with van der Waals surface area (Å²) in [5.74, 6) is -0.992. The Balaban J connectivity index is 1.91. The molecule has 0 radical (unpaired) electrons. The highest BCUT2D eigenvalue weighted by molar-refractivity contribution is 5.97. The molecule has 2 amide bonds. The maximum Gasteiger partial charge on any atom is 0.270 e. The molecule has 24 heavy (non-hydrogen) atoms. The van der Waals surface area contributed by atoms with Gasteiger partial charge >= 0.3 is 0 Å². The lowest BCUT2D eigenvalue weighted by molar-refractivity contribution is -0.384. The number of rotatable bonds is 4. The van der Waals surface area contributed by atoms with Crippen molar-refractivity contribution in [2.24, 2.45) is 0 Å². The molecule has 2 N–H and O–H groups in total. The molecule has 7 nitrogen and oxygen atoms in total. The number of carbonyl (C=O) groups excluding carboxylic acids is 2. The van der Waals surface area contributed by atoms with Crippen molar-refractivity contribution in [2.75, 3.05) is 0 Å². The predicted molar refractivity (Wildman–Crippen MR) is 88.9 cm³/mol. The molecule has 122 valence electrons. The van der Waals surface area contributed by atoms with Crippen LogP contribution in [0.2, 0.25) is 0 Å². The first-order chi connectivity index (χ1) is 11.5. The number of carbonyl (C=O) groups is 2. The third-order valence-electron chi connectivity index (χ3n) is 3.12. The summed E-state index contributed by atoms with van der Waals surface area (Å²) >= 11 is 0. The van der Waals surface area contributed by atoms with Crippen LogP contribution < -0.4 is 10.9 Å². The number of hydrazine groups is 1. The molecule has 0 saturated carbocycles. The summed E-state index contributed by atoms with van der Waals surface area (Å²) in [5, 5.41) is 10.7. The van der Waals surface area contributed by atoms with Gasteiger partial charge in [-0.2, -0.15) is 0 Å². The molecule has 0 aliphatic carbocycles.